The molecule has 0 fully saturated rings. The molecule has 6 heteroatoms. The molecule has 0 saturated carbocycles. The molecular formula is C11H15N3O3. The Morgan fingerprint density at radius 3 is 2.82 bits per heavy atom. The fourth-order valence-corrected chi connectivity index (χ4v) is 1.23. The molecule has 6 nitrogen and oxygen atoms in total. The molecule has 2 amide bonds. The first-order valence-electron chi connectivity index (χ1n) is 5.29. The van der Waals surface area contributed by atoms with Crippen molar-refractivity contribution in [1.29, 1.82) is 0 Å². The van der Waals surface area contributed by atoms with Crippen LogP contribution in [0.4, 0.5) is 4.79 Å². The first kappa shape index (κ1) is 13.0. The number of nitrogens with one attached hydrogen (secondary N) is 2. The molecule has 1 aromatic rings. The number of aromatic nitrogens is 1. The van der Waals surface area contributed by atoms with E-state index in [1.165, 1.54) is 0 Å². The predicted molar refractivity (Wildman–Crippen MR) is 61.3 cm³/mol. The Hall–Kier alpha value is -2.11. The summed E-state index contributed by atoms with van der Waals surface area (Å²) in [6.45, 7) is 2.01. The molecule has 0 aromatic carbocycles. The highest BCUT2D eigenvalue weighted by Gasteiger charge is 2.16. The second-order valence-corrected chi connectivity index (χ2v) is 3.49. The molecular weight excluding hydrogens is 222 g/mol. The van der Waals surface area contributed by atoms with Gasteiger partial charge in [0.25, 0.3) is 0 Å². The van der Waals surface area contributed by atoms with E-state index in [0.717, 1.165) is 5.56 Å². The molecule has 1 heterocycles. The summed E-state index contributed by atoms with van der Waals surface area (Å²) in [6, 6.07) is 2.23. The minimum Gasteiger partial charge on any atom is -0.480 e. The van der Waals surface area contributed by atoms with Crippen LogP contribution in [0.5, 0.6) is 0 Å². The van der Waals surface area contributed by atoms with Gasteiger partial charge in [0.1, 0.15) is 6.04 Å². The van der Waals surface area contributed by atoms with E-state index in [0.29, 0.717) is 13.0 Å². The Bertz CT molecular complexity index is 381. The summed E-state index contributed by atoms with van der Waals surface area (Å²) < 4.78 is 0. The molecule has 0 aliphatic heterocycles. The second-order valence-electron chi connectivity index (χ2n) is 3.49. The number of carboxylic acids is 1. The molecule has 92 valence electrons. The molecule has 0 aliphatic carbocycles. The SMILES string of the molecule is CC[C@H](NC(=O)NCc1cccnc1)C(=O)O. The number of rotatable bonds is 5. The van der Waals surface area contributed by atoms with Gasteiger partial charge in [-0.25, -0.2) is 9.59 Å². The van der Waals surface area contributed by atoms with Gasteiger partial charge in [0, 0.05) is 18.9 Å². The monoisotopic (exact) mass is 237 g/mol. The van der Waals surface area contributed by atoms with Crippen LogP contribution >= 0.6 is 0 Å². The van der Waals surface area contributed by atoms with E-state index in [4.69, 9.17) is 5.11 Å². The molecule has 1 aromatic heterocycles. The summed E-state index contributed by atoms with van der Waals surface area (Å²) in [6.07, 6.45) is 3.62. The van der Waals surface area contributed by atoms with Crippen molar-refractivity contribution in [1.82, 2.24) is 15.6 Å². The fourth-order valence-electron chi connectivity index (χ4n) is 1.23. The van der Waals surface area contributed by atoms with Gasteiger partial charge in [-0.05, 0) is 18.1 Å². The normalized spacial score (nSPS) is 11.6. The molecule has 0 bridgehead atoms. The fraction of sp³-hybridized carbons (Fsp3) is 0.364. The zero-order chi connectivity index (χ0) is 12.7. The lowest BCUT2D eigenvalue weighted by molar-refractivity contribution is -0.139. The number of amides is 2. The Morgan fingerprint density at radius 1 is 1.53 bits per heavy atom. The zero-order valence-electron chi connectivity index (χ0n) is 9.51. The highest BCUT2D eigenvalue weighted by Crippen LogP contribution is 1.95. The summed E-state index contributed by atoms with van der Waals surface area (Å²) in [5.74, 6) is -1.04. The van der Waals surface area contributed by atoms with Crippen molar-refractivity contribution >= 4 is 12.0 Å². The number of carboxylic acid groups (broad SMARTS) is 1. The van der Waals surface area contributed by atoms with Crippen molar-refractivity contribution in [3.63, 3.8) is 0 Å². The lowest BCUT2D eigenvalue weighted by Crippen LogP contribution is -2.45. The van der Waals surface area contributed by atoms with Crippen molar-refractivity contribution in [2.45, 2.75) is 25.9 Å². The largest absolute Gasteiger partial charge is 0.480 e. The molecule has 3 N–H and O–H groups in total. The summed E-state index contributed by atoms with van der Waals surface area (Å²) in [5, 5.41) is 13.7. The molecule has 0 radical (unpaired) electrons. The Morgan fingerprint density at radius 2 is 2.29 bits per heavy atom. The van der Waals surface area contributed by atoms with Gasteiger partial charge in [-0.15, -0.1) is 0 Å². The highest BCUT2D eigenvalue weighted by molar-refractivity contribution is 5.82. The number of aliphatic carboxylic acids is 1. The second kappa shape index (κ2) is 6.47. The number of hydrogen-bond donors (Lipinski definition) is 3. The Balaban J connectivity index is 2.37. The molecule has 0 saturated heterocycles. The molecule has 0 aliphatic rings. The maximum atomic E-state index is 11.4. The van der Waals surface area contributed by atoms with E-state index >= 15 is 0 Å². The lowest BCUT2D eigenvalue weighted by Gasteiger charge is -2.12. The van der Waals surface area contributed by atoms with Crippen molar-refractivity contribution in [3.05, 3.63) is 30.1 Å². The molecule has 17 heavy (non-hydrogen) atoms. The van der Waals surface area contributed by atoms with Crippen molar-refractivity contribution in [2.24, 2.45) is 0 Å². The van der Waals surface area contributed by atoms with E-state index in [-0.39, 0.29) is 0 Å². The van der Waals surface area contributed by atoms with Crippen molar-refractivity contribution in [2.75, 3.05) is 0 Å². The maximum Gasteiger partial charge on any atom is 0.326 e. The third-order valence-corrected chi connectivity index (χ3v) is 2.19. The number of urea groups is 1. The number of carbonyl (C=O) groups excluding carboxylic acids is 1. The summed E-state index contributed by atoms with van der Waals surface area (Å²) in [7, 11) is 0. The van der Waals surface area contributed by atoms with Gasteiger partial charge in [-0.2, -0.15) is 0 Å². The van der Waals surface area contributed by atoms with E-state index in [1.54, 1.807) is 25.4 Å². The van der Waals surface area contributed by atoms with Gasteiger partial charge in [-0.3, -0.25) is 4.98 Å². The number of pyridine rings is 1. The van der Waals surface area contributed by atoms with Crippen LogP contribution in [0.15, 0.2) is 24.5 Å². The number of nitrogens with zero attached hydrogens (tertiary/aromatic N) is 1. The number of carbonyl (C=O) groups is 2. The van der Waals surface area contributed by atoms with Crippen LogP contribution < -0.4 is 10.6 Å². The zero-order valence-corrected chi connectivity index (χ0v) is 9.51. The van der Waals surface area contributed by atoms with Crippen molar-refractivity contribution < 1.29 is 14.7 Å². The minimum absolute atomic E-state index is 0.315. The van der Waals surface area contributed by atoms with E-state index in [9.17, 15) is 9.59 Å². The van der Waals surface area contributed by atoms with Gasteiger partial charge < -0.3 is 15.7 Å². The van der Waals surface area contributed by atoms with Gasteiger partial charge >= 0.3 is 12.0 Å². The standard InChI is InChI=1S/C11H15N3O3/c1-2-9(10(15)16)14-11(17)13-7-8-4-3-5-12-6-8/h3-6,9H,2,7H2,1H3,(H,15,16)(H2,13,14,17)/t9-/m0/s1. The van der Waals surface area contributed by atoms with Crippen LogP contribution in [0.25, 0.3) is 0 Å². The first-order chi connectivity index (χ1) is 8.13. The average molecular weight is 237 g/mol. The van der Waals surface area contributed by atoms with Gasteiger partial charge in [0.05, 0.1) is 0 Å². The average Bonchev–Trinajstić information content (AvgIpc) is 2.34. The maximum absolute atomic E-state index is 11.4. The smallest absolute Gasteiger partial charge is 0.326 e. The van der Waals surface area contributed by atoms with Crippen LogP contribution in [-0.4, -0.2) is 28.1 Å². The Labute approximate surface area is 99.1 Å². The highest BCUT2D eigenvalue weighted by atomic mass is 16.4. The lowest BCUT2D eigenvalue weighted by atomic mass is 10.2. The molecule has 0 unspecified atom stereocenters. The van der Waals surface area contributed by atoms with Crippen LogP contribution in [0.1, 0.15) is 18.9 Å². The quantitative estimate of drug-likeness (QED) is 0.704. The van der Waals surface area contributed by atoms with Crippen LogP contribution in [-0.2, 0) is 11.3 Å². The molecule has 0 spiro atoms. The summed E-state index contributed by atoms with van der Waals surface area (Å²) in [4.78, 5) is 26.0. The molecule has 1 rings (SSSR count). The summed E-state index contributed by atoms with van der Waals surface area (Å²) in [5.41, 5.74) is 0.853. The van der Waals surface area contributed by atoms with Gasteiger partial charge in [-0.1, -0.05) is 13.0 Å². The Kier molecular flexibility index (Phi) is 4.93. The van der Waals surface area contributed by atoms with Crippen molar-refractivity contribution in [3.8, 4) is 0 Å². The van der Waals surface area contributed by atoms with Crippen LogP contribution in [0.3, 0.4) is 0 Å². The van der Waals surface area contributed by atoms with Gasteiger partial charge in [0.2, 0.25) is 0 Å². The molecule has 1 atom stereocenters. The third kappa shape index (κ3) is 4.50. The van der Waals surface area contributed by atoms with E-state index < -0.39 is 18.0 Å². The predicted octanol–water partition coefficient (Wildman–Crippen LogP) is 0.744. The topological polar surface area (TPSA) is 91.3 Å². The van der Waals surface area contributed by atoms with Crippen LogP contribution in [0, 0.1) is 0 Å². The first-order valence-corrected chi connectivity index (χ1v) is 5.29. The third-order valence-electron chi connectivity index (χ3n) is 2.19. The van der Waals surface area contributed by atoms with Gasteiger partial charge in [0.15, 0.2) is 0 Å². The minimum atomic E-state index is -1.04. The van der Waals surface area contributed by atoms with E-state index in [1.807, 2.05) is 6.07 Å². The number of hydrogen-bond acceptors (Lipinski definition) is 3. The van der Waals surface area contributed by atoms with Crippen LogP contribution in [0.2, 0.25) is 0 Å². The van der Waals surface area contributed by atoms with E-state index in [2.05, 4.69) is 15.6 Å². The summed E-state index contributed by atoms with van der Waals surface area (Å²) >= 11 is 0.